The number of carbonyl (C=O) groups is 1. The van der Waals surface area contributed by atoms with Crippen LogP contribution in [0.4, 0.5) is 0 Å². The molecule has 2 saturated heterocycles. The van der Waals surface area contributed by atoms with Crippen molar-refractivity contribution >= 4 is 17.7 Å². The van der Waals surface area contributed by atoms with Gasteiger partial charge in [0.05, 0.1) is 6.04 Å². The molecule has 2 atom stereocenters. The molecule has 3 nitrogen and oxygen atoms in total. The Morgan fingerprint density at radius 3 is 2.78 bits per heavy atom. The second-order valence-electron chi connectivity index (χ2n) is 6.13. The number of nitrogens with one attached hydrogen (secondary N) is 1. The first-order valence-electron chi connectivity index (χ1n) is 7.15. The van der Waals surface area contributed by atoms with E-state index in [9.17, 15) is 4.79 Å². The summed E-state index contributed by atoms with van der Waals surface area (Å²) in [7, 11) is 1.91. The molecular weight excluding hydrogens is 244 g/mol. The number of hydrogen-bond donors (Lipinski definition) is 1. The third-order valence-electron chi connectivity index (χ3n) is 4.33. The Balaban J connectivity index is 2.11. The third-order valence-corrected chi connectivity index (χ3v) is 5.72. The lowest BCUT2D eigenvalue weighted by molar-refractivity contribution is -0.137. The molecule has 1 amide bonds. The molecule has 2 unspecified atom stereocenters. The largest absolute Gasteiger partial charge is 0.335 e. The molecule has 0 saturated carbocycles. The zero-order valence-electron chi connectivity index (χ0n) is 11.9. The average Bonchev–Trinajstić information content (AvgIpc) is 2.80. The van der Waals surface area contributed by atoms with Crippen molar-refractivity contribution in [3.8, 4) is 0 Å². The number of likely N-dealkylation sites (N-methyl/N-ethyl adjacent to an activating group) is 1. The van der Waals surface area contributed by atoms with Crippen LogP contribution in [0.2, 0.25) is 0 Å². The molecule has 0 aromatic heterocycles. The summed E-state index contributed by atoms with van der Waals surface area (Å²) < 4.78 is 0. The minimum atomic E-state index is 0.0197. The van der Waals surface area contributed by atoms with Gasteiger partial charge >= 0.3 is 0 Å². The van der Waals surface area contributed by atoms with Gasteiger partial charge < -0.3 is 10.2 Å². The molecule has 104 valence electrons. The molecule has 0 aromatic rings. The van der Waals surface area contributed by atoms with Crippen LogP contribution >= 0.6 is 11.8 Å². The Morgan fingerprint density at radius 2 is 2.17 bits per heavy atom. The van der Waals surface area contributed by atoms with Crippen molar-refractivity contribution in [1.29, 1.82) is 0 Å². The molecule has 2 fully saturated rings. The lowest BCUT2D eigenvalue weighted by Gasteiger charge is -2.39. The van der Waals surface area contributed by atoms with Gasteiger partial charge in [0, 0.05) is 17.3 Å². The van der Waals surface area contributed by atoms with Gasteiger partial charge in [-0.05, 0) is 58.8 Å². The Hall–Kier alpha value is -0.220. The highest BCUT2D eigenvalue weighted by molar-refractivity contribution is 8.00. The quantitative estimate of drug-likeness (QED) is 0.854. The van der Waals surface area contributed by atoms with E-state index >= 15 is 0 Å². The lowest BCUT2D eigenvalue weighted by Crippen LogP contribution is -2.54. The van der Waals surface area contributed by atoms with Crippen LogP contribution in [0, 0.1) is 0 Å². The summed E-state index contributed by atoms with van der Waals surface area (Å²) in [6.45, 7) is 5.39. The van der Waals surface area contributed by atoms with Gasteiger partial charge in [-0.25, -0.2) is 0 Å². The highest BCUT2D eigenvalue weighted by Gasteiger charge is 2.38. The molecule has 2 heterocycles. The second-order valence-corrected chi connectivity index (χ2v) is 7.54. The van der Waals surface area contributed by atoms with Gasteiger partial charge in [-0.15, -0.1) is 0 Å². The number of amides is 1. The summed E-state index contributed by atoms with van der Waals surface area (Å²) in [5.74, 6) is 1.58. The standard InChI is InChI=1S/C14H26N2OS/c1-14(2)8-4-7-12(15-3)13(17)16(14)10-11-6-5-9-18-11/h11-12,15H,4-10H2,1-3H3. The maximum absolute atomic E-state index is 12.6. The molecule has 0 aliphatic carbocycles. The van der Waals surface area contributed by atoms with E-state index in [2.05, 4.69) is 24.1 Å². The van der Waals surface area contributed by atoms with Crippen molar-refractivity contribution in [2.45, 2.75) is 62.8 Å². The van der Waals surface area contributed by atoms with E-state index < -0.39 is 0 Å². The molecular formula is C14H26N2OS. The molecule has 0 bridgehead atoms. The maximum atomic E-state index is 12.6. The SMILES string of the molecule is CNC1CCCC(C)(C)N(CC2CCCS2)C1=O. The fraction of sp³-hybridized carbons (Fsp3) is 0.929. The van der Waals surface area contributed by atoms with Gasteiger partial charge in [0.15, 0.2) is 0 Å². The maximum Gasteiger partial charge on any atom is 0.240 e. The fourth-order valence-corrected chi connectivity index (χ4v) is 4.34. The Labute approximate surface area is 115 Å². The van der Waals surface area contributed by atoms with E-state index in [0.29, 0.717) is 11.2 Å². The minimum absolute atomic E-state index is 0.0197. The third kappa shape index (κ3) is 3.02. The number of nitrogens with zero attached hydrogens (tertiary/aromatic N) is 1. The summed E-state index contributed by atoms with van der Waals surface area (Å²) in [5, 5.41) is 3.84. The predicted molar refractivity (Wildman–Crippen MR) is 78.0 cm³/mol. The monoisotopic (exact) mass is 270 g/mol. The smallest absolute Gasteiger partial charge is 0.240 e. The van der Waals surface area contributed by atoms with E-state index in [1.807, 2.05) is 18.8 Å². The number of likely N-dealkylation sites (tertiary alicyclic amines) is 1. The van der Waals surface area contributed by atoms with Crippen LogP contribution in [0.5, 0.6) is 0 Å². The number of rotatable bonds is 3. The highest BCUT2D eigenvalue weighted by atomic mass is 32.2. The number of carbonyl (C=O) groups excluding carboxylic acids is 1. The van der Waals surface area contributed by atoms with E-state index in [1.165, 1.54) is 18.6 Å². The van der Waals surface area contributed by atoms with Gasteiger partial charge in [0.1, 0.15) is 0 Å². The summed E-state index contributed by atoms with van der Waals surface area (Å²) in [6.07, 6.45) is 5.82. The van der Waals surface area contributed by atoms with Crippen molar-refractivity contribution in [2.75, 3.05) is 19.3 Å². The zero-order chi connectivity index (χ0) is 13.2. The fourth-order valence-electron chi connectivity index (χ4n) is 3.08. The second kappa shape index (κ2) is 5.83. The van der Waals surface area contributed by atoms with Crippen LogP contribution < -0.4 is 5.32 Å². The van der Waals surface area contributed by atoms with Gasteiger partial charge in [0.2, 0.25) is 5.91 Å². The van der Waals surface area contributed by atoms with Gasteiger partial charge in [-0.2, -0.15) is 11.8 Å². The van der Waals surface area contributed by atoms with E-state index in [0.717, 1.165) is 25.8 Å². The molecule has 1 N–H and O–H groups in total. The molecule has 0 radical (unpaired) electrons. The van der Waals surface area contributed by atoms with Crippen LogP contribution in [0.3, 0.4) is 0 Å². The zero-order valence-corrected chi connectivity index (χ0v) is 12.7. The van der Waals surface area contributed by atoms with E-state index in [4.69, 9.17) is 0 Å². The normalized spacial score (nSPS) is 32.6. The van der Waals surface area contributed by atoms with Crippen LogP contribution in [0.25, 0.3) is 0 Å². The van der Waals surface area contributed by atoms with Gasteiger partial charge in [-0.1, -0.05) is 0 Å². The van der Waals surface area contributed by atoms with Crippen LogP contribution in [-0.2, 0) is 4.79 Å². The molecule has 0 aromatic carbocycles. The van der Waals surface area contributed by atoms with Crippen molar-refractivity contribution in [3.63, 3.8) is 0 Å². The molecule has 4 heteroatoms. The lowest BCUT2D eigenvalue weighted by atomic mass is 9.96. The van der Waals surface area contributed by atoms with Crippen LogP contribution in [-0.4, -0.2) is 47.0 Å². The topological polar surface area (TPSA) is 32.3 Å². The Morgan fingerprint density at radius 1 is 1.39 bits per heavy atom. The van der Waals surface area contributed by atoms with Crippen LogP contribution in [0.15, 0.2) is 0 Å². The van der Waals surface area contributed by atoms with Crippen molar-refractivity contribution in [1.82, 2.24) is 10.2 Å². The molecule has 2 aliphatic rings. The summed E-state index contributed by atoms with van der Waals surface area (Å²) >= 11 is 2.04. The molecule has 2 rings (SSSR count). The molecule has 0 spiro atoms. The van der Waals surface area contributed by atoms with Crippen molar-refractivity contribution in [3.05, 3.63) is 0 Å². The number of hydrogen-bond acceptors (Lipinski definition) is 3. The molecule has 2 aliphatic heterocycles. The van der Waals surface area contributed by atoms with Gasteiger partial charge in [0.25, 0.3) is 0 Å². The number of thioether (sulfide) groups is 1. The first-order valence-corrected chi connectivity index (χ1v) is 8.20. The average molecular weight is 270 g/mol. The van der Waals surface area contributed by atoms with E-state index in [-0.39, 0.29) is 11.6 Å². The molecule has 18 heavy (non-hydrogen) atoms. The summed E-state index contributed by atoms with van der Waals surface area (Å²) in [5.41, 5.74) is 0.0197. The predicted octanol–water partition coefficient (Wildman–Crippen LogP) is 2.26. The van der Waals surface area contributed by atoms with E-state index in [1.54, 1.807) is 0 Å². The van der Waals surface area contributed by atoms with Crippen LogP contribution in [0.1, 0.15) is 46.0 Å². The summed E-state index contributed by atoms with van der Waals surface area (Å²) in [4.78, 5) is 14.8. The van der Waals surface area contributed by atoms with Crippen molar-refractivity contribution in [2.24, 2.45) is 0 Å². The highest BCUT2D eigenvalue weighted by Crippen LogP contribution is 2.32. The van der Waals surface area contributed by atoms with Gasteiger partial charge in [-0.3, -0.25) is 4.79 Å². The minimum Gasteiger partial charge on any atom is -0.335 e. The Bertz CT molecular complexity index is 300. The first kappa shape index (κ1) is 14.2. The Kier molecular flexibility index (Phi) is 4.59. The first-order chi connectivity index (χ1) is 8.54. The van der Waals surface area contributed by atoms with Crippen molar-refractivity contribution < 1.29 is 4.79 Å². The summed E-state index contributed by atoms with van der Waals surface area (Å²) in [6, 6.07) is 0.0261.